The van der Waals surface area contributed by atoms with Gasteiger partial charge >= 0.3 is 5.69 Å². The lowest BCUT2D eigenvalue weighted by molar-refractivity contribution is 0.642. The number of rotatable bonds is 3. The van der Waals surface area contributed by atoms with Crippen LogP contribution in [0.3, 0.4) is 0 Å². The van der Waals surface area contributed by atoms with Gasteiger partial charge in [0.15, 0.2) is 0 Å². The first-order valence-corrected chi connectivity index (χ1v) is 5.06. The van der Waals surface area contributed by atoms with E-state index in [1.54, 1.807) is 4.57 Å². The molecule has 0 radical (unpaired) electrons. The second-order valence-electron chi connectivity index (χ2n) is 3.71. The van der Waals surface area contributed by atoms with E-state index in [1.165, 1.54) is 0 Å². The molecule has 0 saturated carbocycles. The number of nitrogens with one attached hydrogen (secondary N) is 2. The number of hydrogen-bond acceptors (Lipinski definition) is 2. The molecule has 2 N–H and O–H groups in total. The summed E-state index contributed by atoms with van der Waals surface area (Å²) in [6.07, 6.45) is 0. The normalized spacial score (nSPS) is 11.1. The molecule has 4 nitrogen and oxygen atoms in total. The van der Waals surface area contributed by atoms with E-state index in [0.29, 0.717) is 6.54 Å². The summed E-state index contributed by atoms with van der Waals surface area (Å²) in [5.74, 6) is 0. The van der Waals surface area contributed by atoms with Crippen LogP contribution in [0.4, 0.5) is 0 Å². The first-order chi connectivity index (χ1) is 7.22. The smallest absolute Gasteiger partial charge is 0.318 e. The van der Waals surface area contributed by atoms with Crippen molar-refractivity contribution in [3.05, 3.63) is 34.2 Å². The van der Waals surface area contributed by atoms with Gasteiger partial charge in [0.1, 0.15) is 0 Å². The zero-order valence-electron chi connectivity index (χ0n) is 9.00. The number of H-pyrrole nitrogens is 1. The highest BCUT2D eigenvalue weighted by Crippen LogP contribution is 2.11. The molecule has 1 aromatic carbocycles. The predicted octanol–water partition coefficient (Wildman–Crippen LogP) is 0.857. The molecule has 4 heteroatoms. The molecule has 0 fully saturated rings. The molecular weight excluding hydrogens is 190 g/mol. The molecule has 2 rings (SSSR count). The Bertz CT molecular complexity index is 524. The summed E-state index contributed by atoms with van der Waals surface area (Å²) < 4.78 is 1.76. The van der Waals surface area contributed by atoms with Gasteiger partial charge in [-0.05, 0) is 31.7 Å². The molecule has 1 heterocycles. The van der Waals surface area contributed by atoms with Crippen LogP contribution in [0.2, 0.25) is 0 Å². The van der Waals surface area contributed by atoms with E-state index in [4.69, 9.17) is 0 Å². The van der Waals surface area contributed by atoms with Crippen molar-refractivity contribution in [3.8, 4) is 0 Å². The molecule has 1 aromatic heterocycles. The average Bonchev–Trinajstić information content (AvgIpc) is 2.50. The fourth-order valence-corrected chi connectivity index (χ4v) is 1.72. The Kier molecular flexibility index (Phi) is 2.60. The van der Waals surface area contributed by atoms with Crippen molar-refractivity contribution in [1.82, 2.24) is 14.9 Å². The fourth-order valence-electron chi connectivity index (χ4n) is 1.72. The molecule has 0 aliphatic heterocycles. The van der Waals surface area contributed by atoms with Crippen molar-refractivity contribution in [2.24, 2.45) is 0 Å². The highest BCUT2D eigenvalue weighted by atomic mass is 16.1. The summed E-state index contributed by atoms with van der Waals surface area (Å²) in [7, 11) is 1.88. The molecular formula is C11H15N3O. The highest BCUT2D eigenvalue weighted by Gasteiger charge is 2.05. The lowest BCUT2D eigenvalue weighted by Gasteiger charge is -2.02. The van der Waals surface area contributed by atoms with Gasteiger partial charge in [0.25, 0.3) is 0 Å². The van der Waals surface area contributed by atoms with E-state index < -0.39 is 0 Å². The Morgan fingerprint density at radius 2 is 2.27 bits per heavy atom. The zero-order chi connectivity index (χ0) is 10.8. The predicted molar refractivity (Wildman–Crippen MR) is 61.2 cm³/mol. The van der Waals surface area contributed by atoms with E-state index in [0.717, 1.165) is 23.1 Å². The van der Waals surface area contributed by atoms with Gasteiger partial charge in [-0.15, -0.1) is 0 Å². The Morgan fingerprint density at radius 3 is 3.00 bits per heavy atom. The maximum absolute atomic E-state index is 11.6. The summed E-state index contributed by atoms with van der Waals surface area (Å²) in [4.78, 5) is 14.5. The van der Waals surface area contributed by atoms with Crippen LogP contribution in [0, 0.1) is 6.92 Å². The number of likely N-dealkylation sites (N-methyl/N-ethyl adjacent to an activating group) is 1. The van der Waals surface area contributed by atoms with Crippen LogP contribution in [-0.2, 0) is 6.54 Å². The minimum absolute atomic E-state index is 0.0362. The van der Waals surface area contributed by atoms with Crippen molar-refractivity contribution < 1.29 is 0 Å². The van der Waals surface area contributed by atoms with Crippen LogP contribution < -0.4 is 11.0 Å². The van der Waals surface area contributed by atoms with E-state index >= 15 is 0 Å². The van der Waals surface area contributed by atoms with Gasteiger partial charge in [0, 0.05) is 13.1 Å². The summed E-state index contributed by atoms with van der Waals surface area (Å²) in [5, 5.41) is 3.04. The van der Waals surface area contributed by atoms with Crippen LogP contribution in [0.1, 0.15) is 5.56 Å². The Labute approximate surface area is 87.9 Å². The van der Waals surface area contributed by atoms with Crippen molar-refractivity contribution in [3.63, 3.8) is 0 Å². The molecule has 2 aromatic rings. The standard InChI is InChI=1S/C11H15N3O/c1-8-3-4-10-9(7-8)13-11(15)14(10)6-5-12-2/h3-4,7,12H,5-6H2,1-2H3,(H,13,15). The lowest BCUT2D eigenvalue weighted by atomic mass is 10.2. The van der Waals surface area contributed by atoms with Gasteiger partial charge in [-0.3, -0.25) is 4.57 Å². The van der Waals surface area contributed by atoms with Gasteiger partial charge in [-0.1, -0.05) is 6.07 Å². The third kappa shape index (κ3) is 1.80. The van der Waals surface area contributed by atoms with Crippen LogP contribution >= 0.6 is 0 Å². The van der Waals surface area contributed by atoms with E-state index in [1.807, 2.05) is 32.2 Å². The summed E-state index contributed by atoms with van der Waals surface area (Å²) >= 11 is 0. The van der Waals surface area contributed by atoms with Gasteiger partial charge in [0.2, 0.25) is 0 Å². The van der Waals surface area contributed by atoms with E-state index in [2.05, 4.69) is 10.3 Å². The first-order valence-electron chi connectivity index (χ1n) is 5.06. The maximum atomic E-state index is 11.6. The highest BCUT2D eigenvalue weighted by molar-refractivity contribution is 5.75. The lowest BCUT2D eigenvalue weighted by Crippen LogP contribution is -2.23. The van der Waals surface area contributed by atoms with Gasteiger partial charge in [-0.25, -0.2) is 4.79 Å². The SMILES string of the molecule is CNCCn1c(=O)[nH]c2cc(C)ccc21. The molecule has 0 aliphatic carbocycles. The topological polar surface area (TPSA) is 49.8 Å². The molecule has 0 saturated heterocycles. The van der Waals surface area contributed by atoms with E-state index in [-0.39, 0.29) is 5.69 Å². The summed E-state index contributed by atoms with van der Waals surface area (Å²) in [5.41, 5.74) is 3.01. The third-order valence-electron chi connectivity index (χ3n) is 2.52. The number of aryl methyl sites for hydroxylation is 1. The number of benzene rings is 1. The number of aromatic amines is 1. The quantitative estimate of drug-likeness (QED) is 0.780. The van der Waals surface area contributed by atoms with E-state index in [9.17, 15) is 4.79 Å². The van der Waals surface area contributed by atoms with Crippen molar-refractivity contribution in [2.45, 2.75) is 13.5 Å². The van der Waals surface area contributed by atoms with Gasteiger partial charge in [0.05, 0.1) is 11.0 Å². The molecule has 0 aliphatic rings. The van der Waals surface area contributed by atoms with Crippen LogP contribution in [0.15, 0.2) is 23.0 Å². The number of fused-ring (bicyclic) bond motifs is 1. The van der Waals surface area contributed by atoms with Gasteiger partial charge in [-0.2, -0.15) is 0 Å². The van der Waals surface area contributed by atoms with Gasteiger partial charge < -0.3 is 10.3 Å². The monoisotopic (exact) mass is 205 g/mol. The number of imidazole rings is 1. The Hall–Kier alpha value is -1.55. The summed E-state index contributed by atoms with van der Waals surface area (Å²) in [6.45, 7) is 3.50. The number of hydrogen-bond donors (Lipinski definition) is 2. The first kappa shape index (κ1) is 9.98. The van der Waals surface area contributed by atoms with Crippen LogP contribution in [-0.4, -0.2) is 23.1 Å². The number of aromatic nitrogens is 2. The molecule has 0 atom stereocenters. The molecule has 0 unspecified atom stereocenters. The molecule has 15 heavy (non-hydrogen) atoms. The second-order valence-corrected chi connectivity index (χ2v) is 3.71. The zero-order valence-corrected chi connectivity index (χ0v) is 9.00. The summed E-state index contributed by atoms with van der Waals surface area (Å²) in [6, 6.07) is 6.00. The second kappa shape index (κ2) is 3.90. The molecule has 0 spiro atoms. The Morgan fingerprint density at radius 1 is 1.47 bits per heavy atom. The van der Waals surface area contributed by atoms with Crippen LogP contribution in [0.5, 0.6) is 0 Å². The largest absolute Gasteiger partial charge is 0.326 e. The minimum Gasteiger partial charge on any atom is -0.318 e. The molecule has 80 valence electrons. The molecule has 0 amide bonds. The van der Waals surface area contributed by atoms with Crippen molar-refractivity contribution >= 4 is 11.0 Å². The average molecular weight is 205 g/mol. The van der Waals surface area contributed by atoms with Crippen LogP contribution in [0.25, 0.3) is 11.0 Å². The minimum atomic E-state index is -0.0362. The van der Waals surface area contributed by atoms with Crippen molar-refractivity contribution in [1.29, 1.82) is 0 Å². The maximum Gasteiger partial charge on any atom is 0.326 e. The Balaban J connectivity index is 2.53. The molecule has 0 bridgehead atoms. The number of nitrogens with zero attached hydrogens (tertiary/aromatic N) is 1. The fraction of sp³-hybridized carbons (Fsp3) is 0.364. The third-order valence-corrected chi connectivity index (χ3v) is 2.52. The van der Waals surface area contributed by atoms with Crippen molar-refractivity contribution in [2.75, 3.05) is 13.6 Å².